The Kier molecular flexibility index (Phi) is 3.66. The van der Waals surface area contributed by atoms with Gasteiger partial charge < -0.3 is 5.32 Å². The minimum atomic E-state index is -3.53. The standard InChI is InChI=1S/C14H17ClN4O2S/c1-14(2)12-11(7-16-14)13(18-17-12)19-22(20,21)8-9-3-5-10(15)6-4-9/h3-6,16H,7-8H2,1-2H3,(H2,17,18,19). The van der Waals surface area contributed by atoms with Crippen molar-refractivity contribution in [1.82, 2.24) is 15.5 Å². The van der Waals surface area contributed by atoms with Crippen LogP contribution < -0.4 is 10.0 Å². The molecule has 6 nitrogen and oxygen atoms in total. The molecule has 0 amide bonds. The molecule has 0 saturated carbocycles. The van der Waals surface area contributed by atoms with Crippen LogP contribution in [0.1, 0.15) is 30.7 Å². The number of hydrogen-bond acceptors (Lipinski definition) is 4. The summed E-state index contributed by atoms with van der Waals surface area (Å²) in [4.78, 5) is 0. The Bertz CT molecular complexity index is 797. The highest BCUT2D eigenvalue weighted by Gasteiger charge is 2.34. The lowest BCUT2D eigenvalue weighted by Crippen LogP contribution is -2.29. The van der Waals surface area contributed by atoms with Gasteiger partial charge in [-0.2, -0.15) is 5.10 Å². The summed E-state index contributed by atoms with van der Waals surface area (Å²) < 4.78 is 27.1. The van der Waals surface area contributed by atoms with Gasteiger partial charge in [-0.3, -0.25) is 9.82 Å². The molecule has 3 rings (SSSR count). The van der Waals surface area contributed by atoms with Crippen molar-refractivity contribution in [1.29, 1.82) is 0 Å². The van der Waals surface area contributed by atoms with E-state index in [0.717, 1.165) is 11.3 Å². The fourth-order valence-corrected chi connectivity index (χ4v) is 3.81. The quantitative estimate of drug-likeness (QED) is 0.797. The van der Waals surface area contributed by atoms with Crippen LogP contribution in [0, 0.1) is 0 Å². The first-order chi connectivity index (χ1) is 10.3. The molecule has 2 aromatic rings. The summed E-state index contributed by atoms with van der Waals surface area (Å²) >= 11 is 5.80. The highest BCUT2D eigenvalue weighted by molar-refractivity contribution is 7.91. The van der Waals surface area contributed by atoms with Crippen LogP contribution in [0.4, 0.5) is 5.82 Å². The van der Waals surface area contributed by atoms with Crippen LogP contribution >= 0.6 is 11.6 Å². The van der Waals surface area contributed by atoms with E-state index >= 15 is 0 Å². The van der Waals surface area contributed by atoms with Crippen LogP contribution in [0.5, 0.6) is 0 Å². The minimum Gasteiger partial charge on any atom is -0.302 e. The minimum absolute atomic E-state index is 0.122. The molecule has 1 aromatic heterocycles. The number of aromatic amines is 1. The second-order valence-electron chi connectivity index (χ2n) is 5.89. The van der Waals surface area contributed by atoms with E-state index in [0.29, 0.717) is 22.9 Å². The maximum atomic E-state index is 12.3. The molecule has 1 aromatic carbocycles. The fraction of sp³-hybridized carbons (Fsp3) is 0.357. The highest BCUT2D eigenvalue weighted by Crippen LogP contribution is 2.33. The van der Waals surface area contributed by atoms with E-state index in [9.17, 15) is 8.42 Å². The van der Waals surface area contributed by atoms with Gasteiger partial charge in [0.25, 0.3) is 0 Å². The predicted molar refractivity (Wildman–Crippen MR) is 86.2 cm³/mol. The number of hydrogen-bond donors (Lipinski definition) is 3. The van der Waals surface area contributed by atoms with Gasteiger partial charge in [0, 0.05) is 17.1 Å². The van der Waals surface area contributed by atoms with Gasteiger partial charge in [0.05, 0.1) is 17.0 Å². The first kappa shape index (κ1) is 15.3. The number of halogens is 1. The lowest BCUT2D eigenvalue weighted by Gasteiger charge is -2.16. The first-order valence-electron chi connectivity index (χ1n) is 6.84. The average Bonchev–Trinajstić information content (AvgIpc) is 2.94. The van der Waals surface area contributed by atoms with E-state index in [4.69, 9.17) is 11.6 Å². The summed E-state index contributed by atoms with van der Waals surface area (Å²) in [6, 6.07) is 6.73. The van der Waals surface area contributed by atoms with E-state index in [1.807, 2.05) is 13.8 Å². The van der Waals surface area contributed by atoms with E-state index in [-0.39, 0.29) is 11.3 Å². The normalized spacial score (nSPS) is 16.5. The molecule has 22 heavy (non-hydrogen) atoms. The van der Waals surface area contributed by atoms with Crippen molar-refractivity contribution >= 4 is 27.4 Å². The maximum absolute atomic E-state index is 12.3. The number of sulfonamides is 1. The van der Waals surface area contributed by atoms with Crippen molar-refractivity contribution in [2.24, 2.45) is 0 Å². The van der Waals surface area contributed by atoms with Crippen LogP contribution in [0.15, 0.2) is 24.3 Å². The van der Waals surface area contributed by atoms with Gasteiger partial charge >= 0.3 is 0 Å². The van der Waals surface area contributed by atoms with Crippen LogP contribution in [-0.2, 0) is 27.9 Å². The van der Waals surface area contributed by atoms with Crippen molar-refractivity contribution in [2.45, 2.75) is 31.7 Å². The van der Waals surface area contributed by atoms with Crippen molar-refractivity contribution in [2.75, 3.05) is 4.72 Å². The Morgan fingerprint density at radius 2 is 2.00 bits per heavy atom. The van der Waals surface area contributed by atoms with Crippen LogP contribution in [0.3, 0.4) is 0 Å². The molecular formula is C14H17ClN4O2S. The smallest absolute Gasteiger partial charge is 0.238 e. The topological polar surface area (TPSA) is 86.9 Å². The molecule has 1 aliphatic heterocycles. The Labute approximate surface area is 134 Å². The summed E-state index contributed by atoms with van der Waals surface area (Å²) in [7, 11) is -3.53. The molecule has 0 spiro atoms. The van der Waals surface area contributed by atoms with Gasteiger partial charge in [-0.15, -0.1) is 0 Å². The lowest BCUT2D eigenvalue weighted by molar-refractivity contribution is 0.429. The monoisotopic (exact) mass is 340 g/mol. The summed E-state index contributed by atoms with van der Waals surface area (Å²) in [5.74, 6) is 0.241. The molecule has 0 fully saturated rings. The summed E-state index contributed by atoms with van der Waals surface area (Å²) in [5, 5.41) is 10.9. The van der Waals surface area contributed by atoms with E-state index in [1.165, 1.54) is 0 Å². The second kappa shape index (κ2) is 5.26. The van der Waals surface area contributed by atoms with Gasteiger partial charge in [0.1, 0.15) is 0 Å². The molecule has 0 atom stereocenters. The predicted octanol–water partition coefficient (Wildman–Crippen LogP) is 2.34. The summed E-state index contributed by atoms with van der Waals surface area (Å²) in [6.45, 7) is 4.61. The van der Waals surface area contributed by atoms with Crippen molar-refractivity contribution in [3.63, 3.8) is 0 Å². The number of anilines is 1. The Morgan fingerprint density at radius 3 is 2.68 bits per heavy atom. The van der Waals surface area contributed by atoms with Crippen molar-refractivity contribution in [3.8, 4) is 0 Å². The lowest BCUT2D eigenvalue weighted by atomic mass is 10.0. The number of benzene rings is 1. The van der Waals surface area contributed by atoms with Gasteiger partial charge in [-0.25, -0.2) is 8.42 Å². The number of fused-ring (bicyclic) bond motifs is 1. The number of nitrogens with zero attached hydrogens (tertiary/aromatic N) is 1. The fourth-order valence-electron chi connectivity index (χ4n) is 2.52. The van der Waals surface area contributed by atoms with Crippen LogP contribution in [0.25, 0.3) is 0 Å². The molecule has 0 bridgehead atoms. The van der Waals surface area contributed by atoms with Gasteiger partial charge in [-0.1, -0.05) is 23.7 Å². The van der Waals surface area contributed by atoms with E-state index in [1.54, 1.807) is 24.3 Å². The van der Waals surface area contributed by atoms with Gasteiger partial charge in [-0.05, 0) is 31.5 Å². The van der Waals surface area contributed by atoms with E-state index < -0.39 is 10.0 Å². The largest absolute Gasteiger partial charge is 0.302 e. The van der Waals surface area contributed by atoms with Gasteiger partial charge in [0.2, 0.25) is 10.0 Å². The Morgan fingerprint density at radius 1 is 1.32 bits per heavy atom. The third-order valence-corrected chi connectivity index (χ3v) is 5.19. The summed E-state index contributed by atoms with van der Waals surface area (Å²) in [6.07, 6.45) is 0. The zero-order valence-electron chi connectivity index (χ0n) is 12.3. The maximum Gasteiger partial charge on any atom is 0.238 e. The highest BCUT2D eigenvalue weighted by atomic mass is 35.5. The summed E-state index contributed by atoms with van der Waals surface area (Å²) in [5.41, 5.74) is 2.21. The molecule has 0 radical (unpaired) electrons. The number of H-pyrrole nitrogens is 1. The van der Waals surface area contributed by atoms with Crippen molar-refractivity contribution < 1.29 is 8.42 Å². The molecular weight excluding hydrogens is 324 g/mol. The first-order valence-corrected chi connectivity index (χ1v) is 8.87. The molecule has 1 aliphatic rings. The molecule has 8 heteroatoms. The molecule has 3 N–H and O–H groups in total. The molecule has 0 unspecified atom stereocenters. The number of aromatic nitrogens is 2. The SMILES string of the molecule is CC1(C)NCc2c(NS(=O)(=O)Cc3ccc(Cl)cc3)n[nH]c21. The third kappa shape index (κ3) is 2.97. The zero-order valence-corrected chi connectivity index (χ0v) is 13.8. The molecule has 2 heterocycles. The molecule has 118 valence electrons. The van der Waals surface area contributed by atoms with Crippen LogP contribution in [-0.4, -0.2) is 18.6 Å². The zero-order chi connectivity index (χ0) is 16.0. The number of rotatable bonds is 4. The molecule has 0 aliphatic carbocycles. The van der Waals surface area contributed by atoms with Gasteiger partial charge in [0.15, 0.2) is 5.82 Å². The average molecular weight is 341 g/mol. The Balaban J connectivity index is 1.80. The number of nitrogens with one attached hydrogen (secondary N) is 3. The second-order valence-corrected chi connectivity index (χ2v) is 8.05. The van der Waals surface area contributed by atoms with Crippen LogP contribution in [0.2, 0.25) is 5.02 Å². The third-order valence-electron chi connectivity index (χ3n) is 3.72. The van der Waals surface area contributed by atoms with Crippen molar-refractivity contribution in [3.05, 3.63) is 46.1 Å². The van der Waals surface area contributed by atoms with E-state index in [2.05, 4.69) is 20.2 Å². The Hall–Kier alpha value is -1.57. The molecule has 0 saturated heterocycles.